The number of carbonyl (C=O) groups is 1. The number of aryl methyl sites for hydroxylation is 2. The van der Waals surface area contributed by atoms with E-state index >= 15 is 0 Å². The van der Waals surface area contributed by atoms with Gasteiger partial charge in [-0.15, -0.1) is 11.3 Å². The number of benzene rings is 1. The number of aromatic nitrogens is 1. The standard InChI is InChI=1S/C17H21N3OS/c1-12-16(22-13(2)19-12)10-17(21)20-9-8-18-11-15(20)14-6-4-3-5-7-14/h3-7,15,18H,8-11H2,1-2H3/t15-/m1/s1. The minimum Gasteiger partial charge on any atom is -0.333 e. The number of hydrogen-bond acceptors (Lipinski definition) is 4. The quantitative estimate of drug-likeness (QED) is 0.946. The summed E-state index contributed by atoms with van der Waals surface area (Å²) < 4.78 is 0. The van der Waals surface area contributed by atoms with E-state index in [-0.39, 0.29) is 11.9 Å². The summed E-state index contributed by atoms with van der Waals surface area (Å²) in [6, 6.07) is 10.4. The molecule has 4 nitrogen and oxygen atoms in total. The minimum absolute atomic E-state index is 0.122. The SMILES string of the molecule is Cc1nc(C)c(CC(=O)N2CCNC[C@@H]2c2ccccc2)s1. The van der Waals surface area contributed by atoms with Crippen molar-refractivity contribution in [3.05, 3.63) is 51.5 Å². The molecule has 5 heteroatoms. The van der Waals surface area contributed by atoms with E-state index in [1.54, 1.807) is 11.3 Å². The van der Waals surface area contributed by atoms with Crippen LogP contribution in [0.4, 0.5) is 0 Å². The van der Waals surface area contributed by atoms with Gasteiger partial charge in [0.15, 0.2) is 0 Å². The molecule has 3 rings (SSSR count). The summed E-state index contributed by atoms with van der Waals surface area (Å²) in [6.45, 7) is 6.41. The zero-order valence-corrected chi connectivity index (χ0v) is 13.8. The summed E-state index contributed by atoms with van der Waals surface area (Å²) >= 11 is 1.63. The van der Waals surface area contributed by atoms with E-state index in [0.717, 1.165) is 35.2 Å². The molecule has 0 unspecified atom stereocenters. The van der Waals surface area contributed by atoms with Crippen molar-refractivity contribution in [2.45, 2.75) is 26.3 Å². The number of hydrogen-bond donors (Lipinski definition) is 1. The Morgan fingerprint density at radius 3 is 2.82 bits per heavy atom. The Bertz CT molecular complexity index is 653. The third-order valence-corrected chi connectivity index (χ3v) is 5.13. The van der Waals surface area contributed by atoms with Gasteiger partial charge in [-0.1, -0.05) is 30.3 Å². The lowest BCUT2D eigenvalue weighted by atomic mass is 10.0. The molecular formula is C17H21N3OS. The van der Waals surface area contributed by atoms with E-state index in [4.69, 9.17) is 0 Å². The fourth-order valence-electron chi connectivity index (χ4n) is 2.95. The van der Waals surface area contributed by atoms with Crippen LogP contribution in [0.3, 0.4) is 0 Å². The van der Waals surface area contributed by atoms with Crippen LogP contribution in [0.2, 0.25) is 0 Å². The van der Waals surface area contributed by atoms with Crippen LogP contribution in [0.25, 0.3) is 0 Å². The second-order valence-electron chi connectivity index (χ2n) is 5.64. The summed E-state index contributed by atoms with van der Waals surface area (Å²) in [5.41, 5.74) is 2.18. The maximum Gasteiger partial charge on any atom is 0.228 e. The Morgan fingerprint density at radius 1 is 1.36 bits per heavy atom. The van der Waals surface area contributed by atoms with Gasteiger partial charge in [0, 0.05) is 24.5 Å². The molecule has 22 heavy (non-hydrogen) atoms. The van der Waals surface area contributed by atoms with Crippen molar-refractivity contribution in [1.29, 1.82) is 0 Å². The van der Waals surface area contributed by atoms with Crippen LogP contribution in [0, 0.1) is 13.8 Å². The molecule has 1 fully saturated rings. The van der Waals surface area contributed by atoms with Gasteiger partial charge < -0.3 is 10.2 Å². The van der Waals surface area contributed by atoms with Crippen molar-refractivity contribution in [3.8, 4) is 0 Å². The van der Waals surface area contributed by atoms with Crippen molar-refractivity contribution in [1.82, 2.24) is 15.2 Å². The number of rotatable bonds is 3. The second-order valence-corrected chi connectivity index (χ2v) is 6.92. The second kappa shape index (κ2) is 6.58. The van der Waals surface area contributed by atoms with Gasteiger partial charge in [-0.3, -0.25) is 4.79 Å². The van der Waals surface area contributed by atoms with Crippen molar-refractivity contribution in [3.63, 3.8) is 0 Å². The normalized spacial score (nSPS) is 18.5. The van der Waals surface area contributed by atoms with Gasteiger partial charge in [0.25, 0.3) is 0 Å². The number of nitrogens with one attached hydrogen (secondary N) is 1. The lowest BCUT2D eigenvalue weighted by molar-refractivity contribution is -0.133. The topological polar surface area (TPSA) is 45.2 Å². The first-order chi connectivity index (χ1) is 10.6. The number of nitrogens with zero attached hydrogens (tertiary/aromatic N) is 2. The van der Waals surface area contributed by atoms with Crippen LogP contribution in [-0.2, 0) is 11.2 Å². The van der Waals surface area contributed by atoms with Crippen LogP contribution in [0.1, 0.15) is 27.2 Å². The van der Waals surface area contributed by atoms with Crippen molar-refractivity contribution >= 4 is 17.2 Å². The van der Waals surface area contributed by atoms with E-state index < -0.39 is 0 Å². The molecule has 1 aliphatic heterocycles. The third-order valence-electron chi connectivity index (χ3n) is 4.06. The molecule has 2 aromatic rings. The van der Waals surface area contributed by atoms with Gasteiger partial charge in [-0.2, -0.15) is 0 Å². The lowest BCUT2D eigenvalue weighted by Crippen LogP contribution is -2.49. The highest BCUT2D eigenvalue weighted by Crippen LogP contribution is 2.25. The summed E-state index contributed by atoms with van der Waals surface area (Å²) in [6.07, 6.45) is 0.459. The Labute approximate surface area is 135 Å². The molecule has 0 aliphatic carbocycles. The molecule has 1 aromatic carbocycles. The first-order valence-corrected chi connectivity index (χ1v) is 8.45. The number of piperazine rings is 1. The zero-order chi connectivity index (χ0) is 15.5. The third kappa shape index (κ3) is 3.20. The number of amides is 1. The van der Waals surface area contributed by atoms with Crippen LogP contribution >= 0.6 is 11.3 Å². The highest BCUT2D eigenvalue weighted by molar-refractivity contribution is 7.11. The van der Waals surface area contributed by atoms with E-state index in [2.05, 4.69) is 22.4 Å². The first-order valence-electron chi connectivity index (χ1n) is 7.63. The van der Waals surface area contributed by atoms with Gasteiger partial charge in [-0.05, 0) is 19.4 Å². The molecule has 0 spiro atoms. The number of thiazole rings is 1. The number of carbonyl (C=O) groups excluding carboxylic acids is 1. The summed E-state index contributed by atoms with van der Waals surface area (Å²) in [5.74, 6) is 0.196. The first kappa shape index (κ1) is 15.2. The molecule has 1 saturated heterocycles. The monoisotopic (exact) mass is 315 g/mol. The van der Waals surface area contributed by atoms with E-state index in [9.17, 15) is 4.79 Å². The molecule has 1 N–H and O–H groups in total. The van der Waals surface area contributed by atoms with Gasteiger partial charge in [0.05, 0.1) is 23.2 Å². The summed E-state index contributed by atoms with van der Waals surface area (Å²) in [7, 11) is 0. The van der Waals surface area contributed by atoms with Crippen molar-refractivity contribution in [2.24, 2.45) is 0 Å². The van der Waals surface area contributed by atoms with Gasteiger partial charge in [-0.25, -0.2) is 4.98 Å². The largest absolute Gasteiger partial charge is 0.333 e. The summed E-state index contributed by atoms with van der Waals surface area (Å²) in [5, 5.41) is 4.42. The van der Waals surface area contributed by atoms with Crippen LogP contribution in [-0.4, -0.2) is 35.4 Å². The molecule has 0 saturated carbocycles. The van der Waals surface area contributed by atoms with Crippen LogP contribution in [0.5, 0.6) is 0 Å². The highest BCUT2D eigenvalue weighted by atomic mass is 32.1. The van der Waals surface area contributed by atoms with Crippen LogP contribution in [0.15, 0.2) is 30.3 Å². The maximum atomic E-state index is 12.8. The molecule has 0 bridgehead atoms. The fourth-order valence-corrected chi connectivity index (χ4v) is 3.88. The molecule has 1 atom stereocenters. The zero-order valence-electron chi connectivity index (χ0n) is 13.0. The average molecular weight is 315 g/mol. The predicted molar refractivity (Wildman–Crippen MR) is 89.1 cm³/mol. The van der Waals surface area contributed by atoms with Crippen molar-refractivity contribution in [2.75, 3.05) is 19.6 Å². The van der Waals surface area contributed by atoms with E-state index in [0.29, 0.717) is 6.42 Å². The Kier molecular flexibility index (Phi) is 4.55. The molecule has 116 valence electrons. The molecule has 1 aliphatic rings. The molecule has 2 heterocycles. The molecular weight excluding hydrogens is 294 g/mol. The fraction of sp³-hybridized carbons (Fsp3) is 0.412. The smallest absolute Gasteiger partial charge is 0.228 e. The summed E-state index contributed by atoms with van der Waals surface area (Å²) in [4.78, 5) is 20.3. The van der Waals surface area contributed by atoms with E-state index in [1.807, 2.05) is 36.9 Å². The van der Waals surface area contributed by atoms with Crippen molar-refractivity contribution < 1.29 is 4.79 Å². The Morgan fingerprint density at radius 2 is 2.14 bits per heavy atom. The molecule has 1 amide bonds. The maximum absolute atomic E-state index is 12.8. The Hall–Kier alpha value is -1.72. The highest BCUT2D eigenvalue weighted by Gasteiger charge is 2.28. The van der Waals surface area contributed by atoms with Crippen LogP contribution < -0.4 is 5.32 Å². The Balaban J connectivity index is 1.78. The lowest BCUT2D eigenvalue weighted by Gasteiger charge is -2.36. The van der Waals surface area contributed by atoms with Gasteiger partial charge >= 0.3 is 0 Å². The van der Waals surface area contributed by atoms with Gasteiger partial charge in [0.1, 0.15) is 0 Å². The van der Waals surface area contributed by atoms with E-state index in [1.165, 1.54) is 5.56 Å². The average Bonchev–Trinajstić information content (AvgIpc) is 2.85. The molecule has 0 radical (unpaired) electrons. The van der Waals surface area contributed by atoms with Gasteiger partial charge in [0.2, 0.25) is 5.91 Å². The minimum atomic E-state index is 0.122. The molecule has 1 aromatic heterocycles. The predicted octanol–water partition coefficient (Wildman–Crippen LogP) is 2.48.